The summed E-state index contributed by atoms with van der Waals surface area (Å²) in [5.41, 5.74) is 0.132. The molecule has 3 aromatic heterocycles. The van der Waals surface area contributed by atoms with Crippen LogP contribution in [-0.4, -0.2) is 19.8 Å². The van der Waals surface area contributed by atoms with Crippen LogP contribution in [0.2, 0.25) is 4.34 Å². The van der Waals surface area contributed by atoms with Gasteiger partial charge in [-0.25, -0.2) is 9.89 Å². The Morgan fingerprint density at radius 1 is 1.42 bits per heavy atom. The first-order valence-electron chi connectivity index (χ1n) is 5.60. The van der Waals surface area contributed by atoms with Gasteiger partial charge in [-0.3, -0.25) is 0 Å². The van der Waals surface area contributed by atoms with E-state index in [9.17, 15) is 4.79 Å². The van der Waals surface area contributed by atoms with E-state index >= 15 is 0 Å². The minimum absolute atomic E-state index is 0.0602. The van der Waals surface area contributed by atoms with Crippen molar-refractivity contribution in [3.05, 3.63) is 44.0 Å². The van der Waals surface area contributed by atoms with E-state index < -0.39 is 0 Å². The third kappa shape index (κ3) is 2.34. The third-order valence-corrected chi connectivity index (χ3v) is 4.07. The van der Waals surface area contributed by atoms with Crippen LogP contribution in [0, 0.1) is 0 Å². The van der Waals surface area contributed by atoms with Crippen molar-refractivity contribution in [2.24, 2.45) is 0 Å². The predicted octanol–water partition coefficient (Wildman–Crippen LogP) is 2.31. The highest BCUT2D eigenvalue weighted by Crippen LogP contribution is 2.28. The average molecular weight is 296 g/mol. The van der Waals surface area contributed by atoms with Crippen LogP contribution in [-0.2, 0) is 0 Å². The first-order chi connectivity index (χ1) is 9.13. The molecule has 0 saturated carbocycles. The van der Waals surface area contributed by atoms with Crippen molar-refractivity contribution in [2.45, 2.75) is 13.0 Å². The fourth-order valence-corrected chi connectivity index (χ4v) is 2.80. The quantitative estimate of drug-likeness (QED) is 0.777. The lowest BCUT2D eigenvalue weighted by molar-refractivity contribution is 0.840. The molecule has 2 N–H and O–H groups in total. The zero-order valence-corrected chi connectivity index (χ0v) is 11.5. The molecule has 0 aliphatic heterocycles. The lowest BCUT2D eigenvalue weighted by Crippen LogP contribution is -2.15. The number of aromatic nitrogens is 4. The van der Waals surface area contributed by atoms with Gasteiger partial charge in [0.2, 0.25) is 0 Å². The Kier molecular flexibility index (Phi) is 3.00. The largest absolute Gasteiger partial charge is 0.364 e. The zero-order valence-electron chi connectivity index (χ0n) is 9.92. The van der Waals surface area contributed by atoms with Crippen molar-refractivity contribution in [1.29, 1.82) is 0 Å². The second-order valence-electron chi connectivity index (χ2n) is 4.03. The van der Waals surface area contributed by atoms with E-state index in [1.165, 1.54) is 15.9 Å². The summed E-state index contributed by atoms with van der Waals surface area (Å²) in [7, 11) is 0. The number of nitrogens with zero attached hydrogens (tertiary/aromatic N) is 3. The highest BCUT2D eigenvalue weighted by molar-refractivity contribution is 7.16. The van der Waals surface area contributed by atoms with E-state index in [-0.39, 0.29) is 11.7 Å². The maximum Gasteiger partial charge on any atom is 0.364 e. The summed E-state index contributed by atoms with van der Waals surface area (Å²) >= 11 is 7.42. The maximum atomic E-state index is 11.4. The molecule has 1 unspecified atom stereocenters. The molecule has 8 heteroatoms. The van der Waals surface area contributed by atoms with Crippen LogP contribution in [0.1, 0.15) is 17.8 Å². The second-order valence-corrected chi connectivity index (χ2v) is 5.77. The van der Waals surface area contributed by atoms with Gasteiger partial charge in [-0.05, 0) is 31.2 Å². The second kappa shape index (κ2) is 4.67. The molecule has 0 bridgehead atoms. The van der Waals surface area contributed by atoms with Crippen molar-refractivity contribution < 1.29 is 0 Å². The Hall–Kier alpha value is -1.86. The van der Waals surface area contributed by atoms with E-state index in [4.69, 9.17) is 11.6 Å². The molecule has 3 aromatic rings. The van der Waals surface area contributed by atoms with Gasteiger partial charge in [-0.2, -0.15) is 9.61 Å². The van der Waals surface area contributed by atoms with Crippen molar-refractivity contribution in [1.82, 2.24) is 19.8 Å². The average Bonchev–Trinajstić information content (AvgIpc) is 2.97. The van der Waals surface area contributed by atoms with Gasteiger partial charge in [0, 0.05) is 4.88 Å². The van der Waals surface area contributed by atoms with E-state index in [1.54, 1.807) is 12.1 Å². The minimum Gasteiger partial charge on any atom is -0.361 e. The zero-order chi connectivity index (χ0) is 13.4. The van der Waals surface area contributed by atoms with Crippen LogP contribution in [0.4, 0.5) is 5.82 Å². The molecule has 3 rings (SSSR count). The predicted molar refractivity (Wildman–Crippen MR) is 75.0 cm³/mol. The van der Waals surface area contributed by atoms with Crippen molar-refractivity contribution in [3.63, 3.8) is 0 Å². The normalized spacial score (nSPS) is 12.7. The van der Waals surface area contributed by atoms with Gasteiger partial charge in [-0.15, -0.1) is 16.4 Å². The lowest BCUT2D eigenvalue weighted by Gasteiger charge is -2.12. The van der Waals surface area contributed by atoms with Crippen LogP contribution in [0.3, 0.4) is 0 Å². The highest BCUT2D eigenvalue weighted by Gasteiger charge is 2.10. The number of aromatic amines is 1. The number of hydrogen-bond donors (Lipinski definition) is 2. The summed E-state index contributed by atoms with van der Waals surface area (Å²) in [4.78, 5) is 12.5. The smallest absolute Gasteiger partial charge is 0.361 e. The van der Waals surface area contributed by atoms with Crippen LogP contribution in [0.25, 0.3) is 5.65 Å². The molecule has 0 spiro atoms. The molecule has 3 heterocycles. The number of fused-ring (bicyclic) bond motifs is 1. The van der Waals surface area contributed by atoms with Gasteiger partial charge < -0.3 is 5.32 Å². The number of rotatable bonds is 3. The standard InChI is InChI=1S/C11H10ClN5OS/c1-6(7-2-3-8(12)19-7)13-9-4-5-10-14-15-11(18)17(10)16-9/h2-6H,1H3,(H,13,16)(H,15,18). The third-order valence-electron chi connectivity index (χ3n) is 2.66. The highest BCUT2D eigenvalue weighted by atomic mass is 35.5. The van der Waals surface area contributed by atoms with Crippen molar-refractivity contribution in [2.75, 3.05) is 5.32 Å². The van der Waals surface area contributed by atoms with Gasteiger partial charge >= 0.3 is 5.69 Å². The lowest BCUT2D eigenvalue weighted by atomic mass is 10.3. The summed E-state index contributed by atoms with van der Waals surface area (Å²) in [5.74, 6) is 0.605. The monoisotopic (exact) mass is 295 g/mol. The number of halogens is 1. The maximum absolute atomic E-state index is 11.4. The Bertz CT molecular complexity index is 777. The van der Waals surface area contributed by atoms with Gasteiger partial charge in [0.25, 0.3) is 0 Å². The van der Waals surface area contributed by atoms with E-state index in [2.05, 4.69) is 20.6 Å². The van der Waals surface area contributed by atoms with E-state index in [0.717, 1.165) is 9.21 Å². The SMILES string of the molecule is CC(Nc1ccc2n[nH]c(=O)n2n1)c1ccc(Cl)s1. The molecule has 0 aliphatic rings. The minimum atomic E-state index is -0.356. The van der Waals surface area contributed by atoms with Gasteiger partial charge in [0.05, 0.1) is 10.4 Å². The fourth-order valence-electron chi connectivity index (χ4n) is 1.73. The molecule has 0 saturated heterocycles. The number of thiophene rings is 1. The van der Waals surface area contributed by atoms with Crippen LogP contribution < -0.4 is 11.0 Å². The van der Waals surface area contributed by atoms with E-state index in [1.807, 2.05) is 19.1 Å². The molecule has 98 valence electrons. The number of hydrogen-bond acceptors (Lipinski definition) is 5. The Morgan fingerprint density at radius 2 is 2.26 bits per heavy atom. The summed E-state index contributed by atoms with van der Waals surface area (Å²) in [6.45, 7) is 2.01. The molecule has 0 amide bonds. The Labute approximate surface area is 117 Å². The molecule has 0 aromatic carbocycles. The summed E-state index contributed by atoms with van der Waals surface area (Å²) in [6.07, 6.45) is 0. The molecule has 19 heavy (non-hydrogen) atoms. The summed E-state index contributed by atoms with van der Waals surface area (Å²) in [5, 5.41) is 13.6. The molecule has 0 aliphatic carbocycles. The summed E-state index contributed by atoms with van der Waals surface area (Å²) < 4.78 is 1.97. The Balaban J connectivity index is 1.88. The fraction of sp³-hybridized carbons (Fsp3) is 0.182. The molecule has 0 fully saturated rings. The first kappa shape index (κ1) is 12.2. The molecular formula is C11H10ClN5OS. The molecule has 0 radical (unpaired) electrons. The topological polar surface area (TPSA) is 75.1 Å². The van der Waals surface area contributed by atoms with Crippen molar-refractivity contribution in [3.8, 4) is 0 Å². The van der Waals surface area contributed by atoms with Gasteiger partial charge in [-0.1, -0.05) is 11.6 Å². The number of nitrogens with one attached hydrogen (secondary N) is 2. The summed E-state index contributed by atoms with van der Waals surface area (Å²) in [6, 6.07) is 7.39. The first-order valence-corrected chi connectivity index (χ1v) is 6.79. The number of anilines is 1. The van der Waals surface area contributed by atoms with E-state index in [0.29, 0.717) is 11.5 Å². The van der Waals surface area contributed by atoms with Crippen molar-refractivity contribution >= 4 is 34.4 Å². The molecule has 6 nitrogen and oxygen atoms in total. The van der Waals surface area contributed by atoms with Crippen LogP contribution >= 0.6 is 22.9 Å². The van der Waals surface area contributed by atoms with Gasteiger partial charge in [0.1, 0.15) is 5.82 Å². The van der Waals surface area contributed by atoms with Gasteiger partial charge in [0.15, 0.2) is 5.65 Å². The molecule has 1 atom stereocenters. The number of H-pyrrole nitrogens is 1. The molecular weight excluding hydrogens is 286 g/mol. The van der Waals surface area contributed by atoms with Crippen LogP contribution in [0.5, 0.6) is 0 Å². The Morgan fingerprint density at radius 3 is 3.00 bits per heavy atom. The van der Waals surface area contributed by atoms with Crippen LogP contribution in [0.15, 0.2) is 29.1 Å².